The Bertz CT molecular complexity index is 1320. The third kappa shape index (κ3) is 4.69. The van der Waals surface area contributed by atoms with E-state index in [0.29, 0.717) is 44.3 Å². The summed E-state index contributed by atoms with van der Waals surface area (Å²) in [6.45, 7) is 6.25. The number of likely N-dealkylation sites (tertiary alicyclic amines) is 1. The second-order valence-electron chi connectivity index (χ2n) is 9.95. The number of aromatic nitrogens is 2. The molecular weight excluding hydrogens is 470 g/mol. The SMILES string of the molecule is CC(=O)N1CCC(c2ccc3[nH]nc(C4CN(c5ccc(C(=O)N6CCOCC6)cc5)N=N4)c3c2)CC1. The fourth-order valence-electron chi connectivity index (χ4n) is 5.47. The van der Waals surface area contributed by atoms with E-state index in [4.69, 9.17) is 4.74 Å². The molecule has 0 saturated carbocycles. The molecule has 1 unspecified atom stereocenters. The van der Waals surface area contributed by atoms with Gasteiger partial charge in [-0.25, -0.2) is 5.01 Å². The number of nitrogens with zero attached hydrogens (tertiary/aromatic N) is 6. The molecule has 10 nitrogen and oxygen atoms in total. The van der Waals surface area contributed by atoms with Crippen molar-refractivity contribution in [3.63, 3.8) is 0 Å². The molecule has 1 atom stereocenters. The first-order chi connectivity index (χ1) is 18.1. The molecule has 1 N–H and O–H groups in total. The zero-order valence-corrected chi connectivity index (χ0v) is 21.0. The Balaban J connectivity index is 1.14. The number of anilines is 1. The van der Waals surface area contributed by atoms with Gasteiger partial charge in [0.05, 0.1) is 36.7 Å². The van der Waals surface area contributed by atoms with E-state index in [0.717, 1.165) is 48.2 Å². The fraction of sp³-hybridized carbons (Fsp3) is 0.444. The summed E-state index contributed by atoms with van der Waals surface area (Å²) in [6.07, 6.45) is 1.94. The lowest BCUT2D eigenvalue weighted by Crippen LogP contribution is -2.40. The molecule has 1 aromatic heterocycles. The number of aromatic amines is 1. The highest BCUT2D eigenvalue weighted by molar-refractivity contribution is 5.94. The normalized spacial score (nSPS) is 20.7. The maximum Gasteiger partial charge on any atom is 0.254 e. The Kier molecular flexibility index (Phi) is 6.33. The van der Waals surface area contributed by atoms with Crippen LogP contribution in [0.15, 0.2) is 52.8 Å². The van der Waals surface area contributed by atoms with Crippen molar-refractivity contribution >= 4 is 28.4 Å². The summed E-state index contributed by atoms with van der Waals surface area (Å²) < 4.78 is 5.35. The van der Waals surface area contributed by atoms with Crippen molar-refractivity contribution in [2.24, 2.45) is 10.3 Å². The zero-order chi connectivity index (χ0) is 25.4. The highest BCUT2D eigenvalue weighted by Crippen LogP contribution is 2.35. The number of piperidine rings is 1. The van der Waals surface area contributed by atoms with E-state index in [9.17, 15) is 9.59 Å². The Morgan fingerprint density at radius 2 is 1.73 bits per heavy atom. The van der Waals surface area contributed by atoms with E-state index in [-0.39, 0.29) is 17.9 Å². The molecule has 3 aliphatic heterocycles. The second kappa shape index (κ2) is 9.93. The molecule has 0 bridgehead atoms. The first-order valence-electron chi connectivity index (χ1n) is 13.0. The van der Waals surface area contributed by atoms with Gasteiger partial charge in [0.15, 0.2) is 0 Å². The Hall–Kier alpha value is -3.79. The van der Waals surface area contributed by atoms with Crippen molar-refractivity contribution < 1.29 is 14.3 Å². The minimum absolute atomic E-state index is 0.0292. The average molecular weight is 502 g/mol. The number of rotatable bonds is 4. The van der Waals surface area contributed by atoms with Gasteiger partial charge >= 0.3 is 0 Å². The van der Waals surface area contributed by atoms with Gasteiger partial charge in [0.1, 0.15) is 6.04 Å². The van der Waals surface area contributed by atoms with E-state index in [1.54, 1.807) is 6.92 Å². The van der Waals surface area contributed by atoms with Crippen molar-refractivity contribution in [1.29, 1.82) is 0 Å². The Morgan fingerprint density at radius 3 is 2.46 bits per heavy atom. The first kappa shape index (κ1) is 23.6. The smallest absolute Gasteiger partial charge is 0.254 e. The molecule has 192 valence electrons. The molecule has 0 spiro atoms. The largest absolute Gasteiger partial charge is 0.378 e. The number of morpholine rings is 1. The van der Waals surface area contributed by atoms with Crippen LogP contribution in [0.1, 0.15) is 53.3 Å². The quantitative estimate of drug-likeness (QED) is 0.587. The number of fused-ring (bicyclic) bond motifs is 1. The van der Waals surface area contributed by atoms with Crippen molar-refractivity contribution in [1.82, 2.24) is 20.0 Å². The van der Waals surface area contributed by atoms with E-state index in [1.165, 1.54) is 5.56 Å². The van der Waals surface area contributed by atoms with Crippen LogP contribution in [0.25, 0.3) is 10.9 Å². The predicted molar refractivity (Wildman–Crippen MR) is 138 cm³/mol. The maximum atomic E-state index is 12.7. The molecule has 2 aromatic carbocycles. The Morgan fingerprint density at radius 1 is 0.973 bits per heavy atom. The number of hydrogen-bond acceptors (Lipinski definition) is 7. The van der Waals surface area contributed by atoms with E-state index in [1.807, 2.05) is 39.1 Å². The van der Waals surface area contributed by atoms with Gasteiger partial charge < -0.3 is 14.5 Å². The van der Waals surface area contributed by atoms with Gasteiger partial charge in [0, 0.05) is 44.1 Å². The van der Waals surface area contributed by atoms with Crippen LogP contribution >= 0.6 is 0 Å². The lowest BCUT2D eigenvalue weighted by Gasteiger charge is -2.31. The second-order valence-corrected chi connectivity index (χ2v) is 9.95. The lowest BCUT2D eigenvalue weighted by molar-refractivity contribution is -0.129. The van der Waals surface area contributed by atoms with E-state index >= 15 is 0 Å². The number of benzene rings is 2. The number of hydrogen-bond donors (Lipinski definition) is 1. The van der Waals surface area contributed by atoms with Crippen molar-refractivity contribution in [2.75, 3.05) is 50.9 Å². The molecule has 0 aliphatic carbocycles. The van der Waals surface area contributed by atoms with Crippen LogP contribution in [-0.4, -0.2) is 77.7 Å². The number of nitrogens with one attached hydrogen (secondary N) is 1. The van der Waals surface area contributed by atoms with Crippen LogP contribution in [0, 0.1) is 0 Å². The van der Waals surface area contributed by atoms with Crippen LogP contribution in [0.3, 0.4) is 0 Å². The monoisotopic (exact) mass is 501 g/mol. The predicted octanol–water partition coefficient (Wildman–Crippen LogP) is 3.69. The minimum Gasteiger partial charge on any atom is -0.378 e. The summed E-state index contributed by atoms with van der Waals surface area (Å²) >= 11 is 0. The first-order valence-corrected chi connectivity index (χ1v) is 13.0. The summed E-state index contributed by atoms with van der Waals surface area (Å²) in [4.78, 5) is 28.2. The number of carbonyl (C=O) groups is 2. The fourth-order valence-corrected chi connectivity index (χ4v) is 5.47. The van der Waals surface area contributed by atoms with Crippen molar-refractivity contribution in [2.45, 2.75) is 31.7 Å². The molecule has 0 radical (unpaired) electrons. The number of carbonyl (C=O) groups excluding carboxylic acids is 2. The minimum atomic E-state index is -0.182. The van der Waals surface area contributed by atoms with Crippen molar-refractivity contribution in [3.8, 4) is 0 Å². The molecule has 2 amide bonds. The number of amides is 2. The highest BCUT2D eigenvalue weighted by Gasteiger charge is 2.28. The molecule has 3 aromatic rings. The maximum absolute atomic E-state index is 12.7. The summed E-state index contributed by atoms with van der Waals surface area (Å²) in [7, 11) is 0. The van der Waals surface area contributed by atoms with Crippen molar-refractivity contribution in [3.05, 3.63) is 59.3 Å². The molecular formula is C27H31N7O3. The van der Waals surface area contributed by atoms with Gasteiger partial charge in [0.25, 0.3) is 5.91 Å². The third-order valence-corrected chi connectivity index (χ3v) is 7.70. The van der Waals surface area contributed by atoms with Crippen LogP contribution in [-0.2, 0) is 9.53 Å². The molecule has 6 rings (SSSR count). The molecule has 37 heavy (non-hydrogen) atoms. The summed E-state index contributed by atoms with van der Waals surface area (Å²) in [5, 5.41) is 19.6. The van der Waals surface area contributed by atoms with Crippen LogP contribution in [0.4, 0.5) is 5.69 Å². The summed E-state index contributed by atoms with van der Waals surface area (Å²) in [5.41, 5.74) is 4.72. The van der Waals surface area contributed by atoms with Gasteiger partial charge in [0.2, 0.25) is 5.91 Å². The molecule has 2 fully saturated rings. The summed E-state index contributed by atoms with van der Waals surface area (Å²) in [6, 6.07) is 13.8. The molecule has 3 aliphatic rings. The van der Waals surface area contributed by atoms with Crippen LogP contribution in [0.5, 0.6) is 0 Å². The molecule has 10 heteroatoms. The van der Waals surface area contributed by atoms with Gasteiger partial charge in [-0.3, -0.25) is 14.7 Å². The van der Waals surface area contributed by atoms with Gasteiger partial charge in [-0.1, -0.05) is 11.3 Å². The lowest BCUT2D eigenvalue weighted by atomic mass is 9.88. The van der Waals surface area contributed by atoms with Crippen LogP contribution in [0.2, 0.25) is 0 Å². The third-order valence-electron chi connectivity index (χ3n) is 7.70. The van der Waals surface area contributed by atoms with E-state index in [2.05, 4.69) is 38.7 Å². The number of H-pyrrole nitrogens is 1. The topological polar surface area (TPSA) is 106 Å². The molecule has 4 heterocycles. The summed E-state index contributed by atoms with van der Waals surface area (Å²) in [5.74, 6) is 0.616. The van der Waals surface area contributed by atoms with Gasteiger partial charge in [-0.05, 0) is 60.7 Å². The van der Waals surface area contributed by atoms with Gasteiger partial charge in [-0.2, -0.15) is 10.2 Å². The standard InChI is InChI=1S/C27H31N7O3/c1-18(35)32-10-8-19(9-11-32)21-4-7-24-23(16-21)26(30-28-24)25-17-34(31-29-25)22-5-2-20(3-6-22)27(36)33-12-14-37-15-13-33/h2-7,16,19,25H,8-15,17H2,1H3,(H,28,30). The zero-order valence-electron chi connectivity index (χ0n) is 21.0. The Labute approximate surface area is 215 Å². The van der Waals surface area contributed by atoms with E-state index < -0.39 is 0 Å². The average Bonchev–Trinajstić information content (AvgIpc) is 3.60. The molecule has 2 saturated heterocycles. The van der Waals surface area contributed by atoms with Gasteiger partial charge in [-0.15, -0.1) is 0 Å². The van der Waals surface area contributed by atoms with Crippen LogP contribution < -0.4 is 5.01 Å². The highest BCUT2D eigenvalue weighted by atomic mass is 16.5. The number of ether oxygens (including phenoxy) is 1.